The third kappa shape index (κ3) is 7.59. The second-order valence-electron chi connectivity index (χ2n) is 6.85. The highest BCUT2D eigenvalue weighted by molar-refractivity contribution is 6.30. The number of rotatable bonds is 9. The molecule has 3 N–H and O–H groups in total. The highest BCUT2D eigenvalue weighted by Gasteiger charge is 2.35. The Bertz CT molecular complexity index is 651. The number of urea groups is 1. The first-order chi connectivity index (χ1) is 13.0. The molecule has 3 atom stereocenters. The van der Waals surface area contributed by atoms with E-state index in [4.69, 9.17) is 16.7 Å². The number of allylic oxidation sites excluding steroid dienone is 2. The van der Waals surface area contributed by atoms with Crippen LogP contribution >= 0.6 is 11.6 Å². The van der Waals surface area contributed by atoms with Crippen molar-refractivity contribution in [3.05, 3.63) is 41.4 Å². The van der Waals surface area contributed by atoms with Crippen molar-refractivity contribution in [2.24, 2.45) is 11.8 Å². The lowest BCUT2D eigenvalue weighted by molar-refractivity contribution is -0.137. The first kappa shape index (κ1) is 21.2. The van der Waals surface area contributed by atoms with Crippen LogP contribution in [-0.4, -0.2) is 29.8 Å². The average Bonchev–Trinajstić information content (AvgIpc) is 2.98. The number of alkyl halides is 1. The van der Waals surface area contributed by atoms with E-state index in [0.29, 0.717) is 42.9 Å². The minimum absolute atomic E-state index is 0.0969. The normalized spacial score (nSPS) is 22.1. The summed E-state index contributed by atoms with van der Waals surface area (Å²) in [6.07, 6.45) is 6.29. The summed E-state index contributed by atoms with van der Waals surface area (Å²) in [6.45, 7) is 0.428. The van der Waals surface area contributed by atoms with E-state index >= 15 is 0 Å². The van der Waals surface area contributed by atoms with E-state index in [9.17, 15) is 14.0 Å². The molecule has 0 unspecified atom stereocenters. The molecule has 7 heteroatoms. The van der Waals surface area contributed by atoms with Crippen LogP contribution in [0.3, 0.4) is 0 Å². The fourth-order valence-corrected chi connectivity index (χ4v) is 3.49. The maximum Gasteiger partial charge on any atom is 0.319 e. The predicted octanol–water partition coefficient (Wildman–Crippen LogP) is 5.03. The first-order valence-corrected chi connectivity index (χ1v) is 9.64. The van der Waals surface area contributed by atoms with E-state index in [1.165, 1.54) is 0 Å². The number of carbonyl (C=O) groups is 2. The molecule has 0 heterocycles. The van der Waals surface area contributed by atoms with Gasteiger partial charge in [0, 0.05) is 23.7 Å². The van der Waals surface area contributed by atoms with Gasteiger partial charge in [0.2, 0.25) is 0 Å². The Morgan fingerprint density at radius 1 is 1.22 bits per heavy atom. The van der Waals surface area contributed by atoms with Crippen LogP contribution in [0, 0.1) is 11.8 Å². The second-order valence-corrected chi connectivity index (χ2v) is 7.29. The zero-order valence-electron chi connectivity index (χ0n) is 15.2. The zero-order valence-corrected chi connectivity index (χ0v) is 15.9. The number of aliphatic carboxylic acids is 1. The lowest BCUT2D eigenvalue weighted by atomic mass is 9.91. The number of amides is 2. The fraction of sp³-hybridized carbons (Fsp3) is 0.500. The van der Waals surface area contributed by atoms with Gasteiger partial charge in [-0.1, -0.05) is 23.8 Å². The van der Waals surface area contributed by atoms with Gasteiger partial charge in [-0.25, -0.2) is 9.18 Å². The van der Waals surface area contributed by atoms with Crippen molar-refractivity contribution >= 4 is 29.3 Å². The molecule has 1 aromatic rings. The van der Waals surface area contributed by atoms with Crippen molar-refractivity contribution in [3.63, 3.8) is 0 Å². The Morgan fingerprint density at radius 2 is 1.96 bits per heavy atom. The Balaban J connectivity index is 1.73. The smallest absolute Gasteiger partial charge is 0.319 e. The van der Waals surface area contributed by atoms with Gasteiger partial charge in [0.15, 0.2) is 0 Å². The summed E-state index contributed by atoms with van der Waals surface area (Å²) >= 11 is 5.81. The number of halogens is 2. The van der Waals surface area contributed by atoms with Crippen molar-refractivity contribution in [2.45, 2.75) is 44.7 Å². The van der Waals surface area contributed by atoms with Crippen molar-refractivity contribution in [3.8, 4) is 0 Å². The van der Waals surface area contributed by atoms with Crippen LogP contribution in [0.1, 0.15) is 38.5 Å². The van der Waals surface area contributed by atoms with E-state index in [2.05, 4.69) is 10.6 Å². The molecule has 0 bridgehead atoms. The summed E-state index contributed by atoms with van der Waals surface area (Å²) in [6, 6.07) is 6.50. The highest BCUT2D eigenvalue weighted by Crippen LogP contribution is 2.36. The number of hydrogen-bond acceptors (Lipinski definition) is 2. The third-order valence-electron chi connectivity index (χ3n) is 4.85. The van der Waals surface area contributed by atoms with E-state index in [-0.39, 0.29) is 24.3 Å². The molecular formula is C20H26ClFN2O3. The molecule has 27 heavy (non-hydrogen) atoms. The van der Waals surface area contributed by atoms with Gasteiger partial charge < -0.3 is 15.7 Å². The average molecular weight is 397 g/mol. The Labute approximate surface area is 164 Å². The van der Waals surface area contributed by atoms with Crippen molar-refractivity contribution in [1.82, 2.24) is 5.32 Å². The number of unbranched alkanes of at least 4 members (excludes halogenated alkanes) is 1. The first-order valence-electron chi connectivity index (χ1n) is 9.27. The fourth-order valence-electron chi connectivity index (χ4n) is 3.36. The maximum absolute atomic E-state index is 14.2. The Hall–Kier alpha value is -2.08. The van der Waals surface area contributed by atoms with Crippen LogP contribution in [-0.2, 0) is 4.79 Å². The monoisotopic (exact) mass is 396 g/mol. The minimum atomic E-state index is -0.861. The summed E-state index contributed by atoms with van der Waals surface area (Å²) in [5.41, 5.74) is 0.646. The number of carboxylic acid groups (broad SMARTS) is 1. The molecule has 5 nitrogen and oxygen atoms in total. The van der Waals surface area contributed by atoms with Gasteiger partial charge in [0.25, 0.3) is 0 Å². The van der Waals surface area contributed by atoms with Crippen LogP contribution < -0.4 is 10.6 Å². The quantitative estimate of drug-likeness (QED) is 0.404. The van der Waals surface area contributed by atoms with Crippen molar-refractivity contribution in [1.29, 1.82) is 0 Å². The van der Waals surface area contributed by atoms with Crippen LogP contribution in [0.25, 0.3) is 0 Å². The molecule has 1 aliphatic rings. The van der Waals surface area contributed by atoms with Crippen LogP contribution in [0.5, 0.6) is 0 Å². The second kappa shape index (κ2) is 10.9. The Morgan fingerprint density at radius 3 is 2.67 bits per heavy atom. The van der Waals surface area contributed by atoms with Gasteiger partial charge in [0.1, 0.15) is 6.17 Å². The summed E-state index contributed by atoms with van der Waals surface area (Å²) in [4.78, 5) is 22.5. The van der Waals surface area contributed by atoms with Crippen LogP contribution in [0.4, 0.5) is 14.9 Å². The lowest BCUT2D eigenvalue weighted by Crippen LogP contribution is -2.35. The number of anilines is 1. The zero-order chi connectivity index (χ0) is 19.6. The molecule has 1 saturated carbocycles. The number of carbonyl (C=O) groups excluding carboxylic acids is 1. The van der Waals surface area contributed by atoms with Gasteiger partial charge in [-0.05, 0) is 68.2 Å². The molecule has 1 aliphatic carbocycles. The third-order valence-corrected chi connectivity index (χ3v) is 5.10. The van der Waals surface area contributed by atoms with Crippen LogP contribution in [0.2, 0.25) is 5.02 Å². The molecule has 0 saturated heterocycles. The molecule has 2 amide bonds. The molecule has 0 aliphatic heterocycles. The number of nitrogens with one attached hydrogen (secondary N) is 2. The van der Waals surface area contributed by atoms with Gasteiger partial charge in [0.05, 0.1) is 0 Å². The Kier molecular flexibility index (Phi) is 8.58. The predicted molar refractivity (Wildman–Crippen MR) is 105 cm³/mol. The van der Waals surface area contributed by atoms with E-state index in [1.54, 1.807) is 24.3 Å². The van der Waals surface area contributed by atoms with Gasteiger partial charge in [-0.3, -0.25) is 4.79 Å². The highest BCUT2D eigenvalue weighted by atomic mass is 35.5. The van der Waals surface area contributed by atoms with Gasteiger partial charge in [-0.2, -0.15) is 0 Å². The topological polar surface area (TPSA) is 78.4 Å². The maximum atomic E-state index is 14.2. The van der Waals surface area contributed by atoms with E-state index in [0.717, 1.165) is 6.42 Å². The summed E-state index contributed by atoms with van der Waals surface area (Å²) in [5.74, 6) is -0.817. The summed E-state index contributed by atoms with van der Waals surface area (Å²) in [7, 11) is 0. The minimum Gasteiger partial charge on any atom is -0.481 e. The van der Waals surface area contributed by atoms with Crippen molar-refractivity contribution in [2.75, 3.05) is 11.9 Å². The number of carboxylic acids is 1. The number of hydrogen-bond donors (Lipinski definition) is 3. The largest absolute Gasteiger partial charge is 0.481 e. The summed E-state index contributed by atoms with van der Waals surface area (Å²) < 4.78 is 14.2. The van der Waals surface area contributed by atoms with Crippen LogP contribution in [0.15, 0.2) is 36.4 Å². The molecule has 0 aromatic heterocycles. The molecule has 148 valence electrons. The standard InChI is InChI=1S/C20H26ClFN2O3/c21-15-8-10-16(11-9-15)24-20(27)23-13-14-7-12-18(22)17(14)5-3-1-2-4-6-19(25)26/h1,3,8-11,14,17-18H,2,4-7,12-13H2,(H,25,26)(H2,23,24,27)/b3-1-/t14-,17-,18-/m1/s1. The lowest BCUT2D eigenvalue weighted by Gasteiger charge is -2.20. The van der Waals surface area contributed by atoms with Gasteiger partial charge in [-0.15, -0.1) is 0 Å². The molecule has 0 spiro atoms. The van der Waals surface area contributed by atoms with E-state index in [1.807, 2.05) is 12.2 Å². The molecule has 1 aromatic carbocycles. The molecule has 1 fully saturated rings. The molecular weight excluding hydrogens is 371 g/mol. The van der Waals surface area contributed by atoms with E-state index < -0.39 is 12.1 Å². The van der Waals surface area contributed by atoms with Gasteiger partial charge >= 0.3 is 12.0 Å². The summed E-state index contributed by atoms with van der Waals surface area (Å²) in [5, 5.41) is 14.8. The number of benzene rings is 1. The SMILES string of the molecule is O=C(O)CCC/C=C\C[C@@H]1[C@@H](CNC(=O)Nc2ccc(Cl)cc2)CC[C@H]1F. The van der Waals surface area contributed by atoms with Crippen molar-refractivity contribution < 1.29 is 19.1 Å². The molecule has 0 radical (unpaired) electrons. The molecule has 2 rings (SSSR count).